The second-order valence-electron chi connectivity index (χ2n) is 4.59. The van der Waals surface area contributed by atoms with E-state index in [1.807, 2.05) is 17.6 Å². The van der Waals surface area contributed by atoms with E-state index >= 15 is 0 Å². The summed E-state index contributed by atoms with van der Waals surface area (Å²) >= 11 is 6.22. The van der Waals surface area contributed by atoms with E-state index in [9.17, 15) is 4.39 Å². The quantitative estimate of drug-likeness (QED) is 0.690. The van der Waals surface area contributed by atoms with Crippen LogP contribution in [0, 0.1) is 5.82 Å². The summed E-state index contributed by atoms with van der Waals surface area (Å²) in [6.45, 7) is 1.83. The zero-order valence-corrected chi connectivity index (χ0v) is 12.3. The average molecular weight is 306 g/mol. The van der Waals surface area contributed by atoms with Crippen LogP contribution in [0.2, 0.25) is 0 Å². The Morgan fingerprint density at radius 2 is 1.86 bits per heavy atom. The van der Waals surface area contributed by atoms with E-state index in [1.165, 1.54) is 12.1 Å². The molecule has 21 heavy (non-hydrogen) atoms. The highest BCUT2D eigenvalue weighted by Crippen LogP contribution is 2.28. The van der Waals surface area contributed by atoms with E-state index in [0.717, 1.165) is 5.69 Å². The molecule has 2 aromatic heterocycles. The first-order chi connectivity index (χ1) is 10.1. The largest absolute Gasteiger partial charge is 0.481 e. The van der Waals surface area contributed by atoms with E-state index in [1.54, 1.807) is 25.3 Å². The highest BCUT2D eigenvalue weighted by atomic mass is 35.5. The number of rotatable bonds is 3. The van der Waals surface area contributed by atoms with E-state index in [-0.39, 0.29) is 11.2 Å². The SMILES string of the molecule is COc1ccc2nc(C(C)Cl)n(-c3ccc(F)cc3)c2n1. The molecular weight excluding hydrogens is 293 g/mol. The van der Waals surface area contributed by atoms with Crippen LogP contribution in [0.3, 0.4) is 0 Å². The molecule has 0 saturated carbocycles. The molecule has 1 atom stereocenters. The molecule has 0 N–H and O–H groups in total. The zero-order chi connectivity index (χ0) is 15.0. The van der Waals surface area contributed by atoms with Crippen molar-refractivity contribution in [1.29, 1.82) is 0 Å². The third-order valence-corrected chi connectivity index (χ3v) is 3.35. The molecule has 0 aliphatic heterocycles. The smallest absolute Gasteiger partial charge is 0.215 e. The normalized spacial score (nSPS) is 12.6. The molecular formula is C15H13ClFN3O. The molecule has 2 heterocycles. The number of benzene rings is 1. The Kier molecular flexibility index (Phi) is 3.51. The van der Waals surface area contributed by atoms with Gasteiger partial charge in [0.05, 0.1) is 12.5 Å². The Morgan fingerprint density at radius 3 is 2.48 bits per heavy atom. The van der Waals surface area contributed by atoms with Crippen molar-refractivity contribution in [2.75, 3.05) is 7.11 Å². The molecule has 1 aromatic carbocycles. The number of imidazole rings is 1. The maximum atomic E-state index is 13.1. The Hall–Kier alpha value is -2.14. The van der Waals surface area contributed by atoms with Crippen LogP contribution in [0.1, 0.15) is 18.1 Å². The fourth-order valence-electron chi connectivity index (χ4n) is 2.18. The lowest BCUT2D eigenvalue weighted by Crippen LogP contribution is -2.03. The number of hydrogen-bond acceptors (Lipinski definition) is 3. The van der Waals surface area contributed by atoms with Crippen molar-refractivity contribution in [2.45, 2.75) is 12.3 Å². The molecule has 108 valence electrons. The summed E-state index contributed by atoms with van der Waals surface area (Å²) in [5.41, 5.74) is 2.09. The second kappa shape index (κ2) is 5.33. The summed E-state index contributed by atoms with van der Waals surface area (Å²) in [7, 11) is 1.55. The maximum Gasteiger partial charge on any atom is 0.215 e. The van der Waals surface area contributed by atoms with Crippen molar-refractivity contribution in [2.24, 2.45) is 0 Å². The second-order valence-corrected chi connectivity index (χ2v) is 5.25. The number of pyridine rings is 1. The van der Waals surface area contributed by atoms with Gasteiger partial charge < -0.3 is 4.74 Å². The molecule has 0 aliphatic carbocycles. The molecule has 3 rings (SSSR count). The number of methoxy groups -OCH3 is 1. The van der Waals surface area contributed by atoms with E-state index in [2.05, 4.69) is 9.97 Å². The molecule has 0 radical (unpaired) electrons. The van der Waals surface area contributed by atoms with Gasteiger partial charge in [-0.05, 0) is 37.3 Å². The first-order valence-electron chi connectivity index (χ1n) is 6.43. The highest BCUT2D eigenvalue weighted by molar-refractivity contribution is 6.20. The summed E-state index contributed by atoms with van der Waals surface area (Å²) in [6, 6.07) is 9.69. The van der Waals surface area contributed by atoms with Gasteiger partial charge in [0, 0.05) is 11.8 Å². The lowest BCUT2D eigenvalue weighted by molar-refractivity contribution is 0.399. The summed E-state index contributed by atoms with van der Waals surface area (Å²) in [5.74, 6) is 0.841. The topological polar surface area (TPSA) is 39.9 Å². The number of hydrogen-bond donors (Lipinski definition) is 0. The number of fused-ring (bicyclic) bond motifs is 1. The van der Waals surface area contributed by atoms with Gasteiger partial charge in [0.2, 0.25) is 5.88 Å². The molecule has 1 unspecified atom stereocenters. The molecule has 0 spiro atoms. The van der Waals surface area contributed by atoms with Crippen LogP contribution in [0.5, 0.6) is 5.88 Å². The Balaban J connectivity index is 2.30. The van der Waals surface area contributed by atoms with Crippen molar-refractivity contribution in [3.05, 3.63) is 48.0 Å². The van der Waals surface area contributed by atoms with Crippen molar-refractivity contribution >= 4 is 22.8 Å². The van der Waals surface area contributed by atoms with E-state index < -0.39 is 0 Å². The maximum absolute atomic E-state index is 13.1. The van der Waals surface area contributed by atoms with Crippen molar-refractivity contribution in [1.82, 2.24) is 14.5 Å². The number of halogens is 2. The van der Waals surface area contributed by atoms with Gasteiger partial charge >= 0.3 is 0 Å². The molecule has 0 saturated heterocycles. The van der Waals surface area contributed by atoms with Crippen LogP contribution in [0.4, 0.5) is 4.39 Å². The van der Waals surface area contributed by atoms with Gasteiger partial charge in [-0.3, -0.25) is 4.57 Å². The molecule has 0 aliphatic rings. The van der Waals surface area contributed by atoms with Crippen LogP contribution in [-0.2, 0) is 0 Å². The molecule has 0 bridgehead atoms. The first kappa shape index (κ1) is 13.8. The molecule has 0 fully saturated rings. The van der Waals surface area contributed by atoms with Crippen molar-refractivity contribution in [3.8, 4) is 11.6 Å². The van der Waals surface area contributed by atoms with Gasteiger partial charge in [-0.1, -0.05) is 0 Å². The third kappa shape index (κ3) is 2.45. The fraction of sp³-hybridized carbons (Fsp3) is 0.200. The Morgan fingerprint density at radius 1 is 1.14 bits per heavy atom. The zero-order valence-electron chi connectivity index (χ0n) is 11.5. The predicted molar refractivity (Wildman–Crippen MR) is 79.6 cm³/mol. The summed E-state index contributed by atoms with van der Waals surface area (Å²) in [5, 5.41) is -0.310. The third-order valence-electron chi connectivity index (χ3n) is 3.15. The fourth-order valence-corrected chi connectivity index (χ4v) is 2.33. The summed E-state index contributed by atoms with van der Waals surface area (Å²) in [4.78, 5) is 8.93. The van der Waals surface area contributed by atoms with Crippen LogP contribution >= 0.6 is 11.6 Å². The number of alkyl halides is 1. The van der Waals surface area contributed by atoms with Gasteiger partial charge in [0.15, 0.2) is 5.65 Å². The van der Waals surface area contributed by atoms with Gasteiger partial charge in [-0.15, -0.1) is 11.6 Å². The minimum absolute atomic E-state index is 0.297. The van der Waals surface area contributed by atoms with Gasteiger partial charge in [-0.2, -0.15) is 4.98 Å². The van der Waals surface area contributed by atoms with Crippen molar-refractivity contribution < 1.29 is 9.13 Å². The molecule has 3 aromatic rings. The van der Waals surface area contributed by atoms with Crippen LogP contribution in [0.25, 0.3) is 16.9 Å². The summed E-state index contributed by atoms with van der Waals surface area (Å²) in [6.07, 6.45) is 0. The average Bonchev–Trinajstić information content (AvgIpc) is 2.86. The summed E-state index contributed by atoms with van der Waals surface area (Å²) < 4.78 is 20.1. The van der Waals surface area contributed by atoms with Crippen LogP contribution in [-0.4, -0.2) is 21.6 Å². The Bertz CT molecular complexity index is 783. The monoisotopic (exact) mass is 305 g/mol. The van der Waals surface area contributed by atoms with E-state index in [4.69, 9.17) is 16.3 Å². The van der Waals surface area contributed by atoms with Gasteiger partial charge in [-0.25, -0.2) is 9.37 Å². The predicted octanol–water partition coefficient (Wildman–Crippen LogP) is 3.87. The van der Waals surface area contributed by atoms with Gasteiger partial charge in [0.25, 0.3) is 0 Å². The standard InChI is InChI=1S/C15H13ClFN3O/c1-9(16)14-18-12-7-8-13(21-2)19-15(12)20(14)11-5-3-10(17)4-6-11/h3-9H,1-2H3. The molecule has 6 heteroatoms. The lowest BCUT2D eigenvalue weighted by atomic mass is 10.3. The number of aromatic nitrogens is 3. The van der Waals surface area contributed by atoms with Crippen LogP contribution < -0.4 is 4.74 Å². The minimum Gasteiger partial charge on any atom is -0.481 e. The van der Waals surface area contributed by atoms with E-state index in [0.29, 0.717) is 22.9 Å². The Labute approximate surface area is 126 Å². The minimum atomic E-state index is -0.310. The van der Waals surface area contributed by atoms with Crippen LogP contribution in [0.15, 0.2) is 36.4 Å². The number of ether oxygens (including phenoxy) is 1. The van der Waals surface area contributed by atoms with Gasteiger partial charge in [0.1, 0.15) is 17.2 Å². The molecule has 4 nitrogen and oxygen atoms in total. The first-order valence-corrected chi connectivity index (χ1v) is 6.87. The lowest BCUT2D eigenvalue weighted by Gasteiger charge is -2.10. The number of nitrogens with zero attached hydrogens (tertiary/aromatic N) is 3. The van der Waals surface area contributed by atoms with Crippen molar-refractivity contribution in [3.63, 3.8) is 0 Å². The molecule has 0 amide bonds. The highest BCUT2D eigenvalue weighted by Gasteiger charge is 2.18.